The van der Waals surface area contributed by atoms with Crippen molar-refractivity contribution in [2.24, 2.45) is 0 Å². The molecule has 6 heteroatoms. The Hall–Kier alpha value is -1.14. The molecule has 0 spiro atoms. The number of aromatic nitrogens is 2. The summed E-state index contributed by atoms with van der Waals surface area (Å²) in [4.78, 5) is 6.93. The van der Waals surface area contributed by atoms with Crippen LogP contribution in [0.2, 0.25) is 0 Å². The molecule has 0 aliphatic carbocycles. The second kappa shape index (κ2) is 5.01. The molecular weight excluding hydrogens is 310 g/mol. The summed E-state index contributed by atoms with van der Waals surface area (Å²) < 4.78 is 27.3. The maximum atomic E-state index is 13.4. The molecule has 0 atom stereocenters. The van der Waals surface area contributed by atoms with Gasteiger partial charge in [0.2, 0.25) is 0 Å². The minimum absolute atomic E-state index is 0.239. The molecule has 88 valence electrons. The summed E-state index contributed by atoms with van der Waals surface area (Å²) in [6, 6.07) is 3.46. The lowest BCUT2D eigenvalue weighted by Gasteiger charge is -2.03. The zero-order chi connectivity index (χ0) is 12.4. The van der Waals surface area contributed by atoms with Crippen molar-refractivity contribution in [1.82, 2.24) is 9.97 Å². The highest BCUT2D eigenvalue weighted by Gasteiger charge is 2.06. The van der Waals surface area contributed by atoms with Gasteiger partial charge >= 0.3 is 0 Å². The Labute approximate surface area is 110 Å². The molecule has 2 rings (SSSR count). The average molecular weight is 317 g/mol. The lowest BCUT2D eigenvalue weighted by Crippen LogP contribution is -1.99. The first kappa shape index (κ1) is 12.3. The summed E-state index contributed by atoms with van der Waals surface area (Å²) in [5, 5.41) is 0. The number of aromatic amines is 1. The van der Waals surface area contributed by atoms with Gasteiger partial charge in [0.25, 0.3) is 0 Å². The van der Waals surface area contributed by atoms with Crippen molar-refractivity contribution in [2.45, 2.75) is 6.42 Å². The van der Waals surface area contributed by atoms with E-state index >= 15 is 0 Å². The largest absolute Gasteiger partial charge is 0.334 e. The van der Waals surface area contributed by atoms with Crippen LogP contribution in [0.25, 0.3) is 0 Å². The third-order valence-corrected chi connectivity index (χ3v) is 3.37. The number of nitrogens with one attached hydrogen (secondary N) is 1. The normalized spacial score (nSPS) is 10.5. The standard InChI is InChI=1S/C11H7BrF2N2S/c12-8-5-15-10(16-11(8)17)3-6-1-2-7(13)4-9(6)14/h1-2,4-5H,3H2,(H,15,16,17). The number of H-pyrrole nitrogens is 1. The maximum absolute atomic E-state index is 13.4. The molecule has 2 nitrogen and oxygen atoms in total. The molecule has 0 fully saturated rings. The van der Waals surface area contributed by atoms with E-state index in [9.17, 15) is 8.78 Å². The molecule has 0 saturated heterocycles. The van der Waals surface area contributed by atoms with Gasteiger partial charge in [0.15, 0.2) is 0 Å². The van der Waals surface area contributed by atoms with E-state index in [0.29, 0.717) is 20.5 Å². The lowest BCUT2D eigenvalue weighted by molar-refractivity contribution is 0.573. The Morgan fingerprint density at radius 1 is 1.35 bits per heavy atom. The molecule has 0 radical (unpaired) electrons. The van der Waals surface area contributed by atoms with Gasteiger partial charge in [-0.05, 0) is 27.6 Å². The quantitative estimate of drug-likeness (QED) is 0.854. The molecule has 1 N–H and O–H groups in total. The number of hydrogen-bond acceptors (Lipinski definition) is 2. The molecule has 0 saturated carbocycles. The van der Waals surface area contributed by atoms with Crippen molar-refractivity contribution in [3.8, 4) is 0 Å². The average Bonchev–Trinajstić information content (AvgIpc) is 2.27. The number of rotatable bonds is 2. The molecule has 0 unspecified atom stereocenters. The van der Waals surface area contributed by atoms with E-state index in [4.69, 9.17) is 12.2 Å². The summed E-state index contributed by atoms with van der Waals surface area (Å²) in [6.07, 6.45) is 1.79. The molecule has 1 aromatic heterocycles. The highest BCUT2D eigenvalue weighted by molar-refractivity contribution is 9.10. The summed E-state index contributed by atoms with van der Waals surface area (Å²) >= 11 is 8.23. The highest BCUT2D eigenvalue weighted by atomic mass is 79.9. The SMILES string of the molecule is Fc1ccc(Cc2ncc(Br)c(=S)[nH]2)c(F)c1. The van der Waals surface area contributed by atoms with Crippen molar-refractivity contribution < 1.29 is 8.78 Å². The highest BCUT2D eigenvalue weighted by Crippen LogP contribution is 2.14. The van der Waals surface area contributed by atoms with Crippen LogP contribution >= 0.6 is 28.1 Å². The predicted molar refractivity (Wildman–Crippen MR) is 66.3 cm³/mol. The summed E-state index contributed by atoms with van der Waals surface area (Å²) in [5.74, 6) is -0.652. The van der Waals surface area contributed by atoms with E-state index < -0.39 is 11.6 Å². The zero-order valence-corrected chi connectivity index (χ0v) is 10.9. The lowest BCUT2D eigenvalue weighted by atomic mass is 10.1. The molecule has 0 aliphatic rings. The van der Waals surface area contributed by atoms with Gasteiger partial charge in [-0.3, -0.25) is 0 Å². The van der Waals surface area contributed by atoms with Gasteiger partial charge in [0.05, 0.1) is 4.47 Å². The third-order valence-electron chi connectivity index (χ3n) is 2.18. The zero-order valence-electron chi connectivity index (χ0n) is 8.51. The van der Waals surface area contributed by atoms with Crippen LogP contribution in [0.15, 0.2) is 28.9 Å². The molecule has 1 aromatic carbocycles. The Balaban J connectivity index is 2.31. The van der Waals surface area contributed by atoms with Gasteiger partial charge in [0.1, 0.15) is 22.1 Å². The van der Waals surface area contributed by atoms with E-state index in [1.54, 1.807) is 6.20 Å². The Bertz CT molecular complexity index is 613. The van der Waals surface area contributed by atoms with Gasteiger partial charge in [-0.1, -0.05) is 18.3 Å². The van der Waals surface area contributed by atoms with Crippen LogP contribution in [-0.2, 0) is 6.42 Å². The van der Waals surface area contributed by atoms with Crippen LogP contribution in [0, 0.1) is 16.3 Å². The second-order valence-electron chi connectivity index (χ2n) is 3.42. The van der Waals surface area contributed by atoms with Gasteiger partial charge in [-0.25, -0.2) is 13.8 Å². The van der Waals surface area contributed by atoms with Crippen LogP contribution in [-0.4, -0.2) is 9.97 Å². The van der Waals surface area contributed by atoms with Crippen molar-refractivity contribution in [1.29, 1.82) is 0 Å². The van der Waals surface area contributed by atoms with Crippen LogP contribution in [0.1, 0.15) is 11.4 Å². The fourth-order valence-electron chi connectivity index (χ4n) is 1.35. The van der Waals surface area contributed by atoms with E-state index in [1.807, 2.05) is 0 Å². The third kappa shape index (κ3) is 2.95. The van der Waals surface area contributed by atoms with E-state index in [2.05, 4.69) is 25.9 Å². The molecule has 0 aliphatic heterocycles. The first-order chi connectivity index (χ1) is 8.06. The van der Waals surface area contributed by atoms with Crippen LogP contribution in [0.5, 0.6) is 0 Å². The van der Waals surface area contributed by atoms with E-state index in [-0.39, 0.29) is 6.42 Å². The van der Waals surface area contributed by atoms with Gasteiger partial charge in [0, 0.05) is 18.7 Å². The Morgan fingerprint density at radius 2 is 2.12 bits per heavy atom. The van der Waals surface area contributed by atoms with E-state index in [0.717, 1.165) is 6.07 Å². The number of benzene rings is 1. The maximum Gasteiger partial charge on any atom is 0.129 e. The predicted octanol–water partition coefficient (Wildman–Crippen LogP) is 3.77. The molecule has 17 heavy (non-hydrogen) atoms. The fourth-order valence-corrected chi connectivity index (χ4v) is 1.72. The summed E-state index contributed by atoms with van der Waals surface area (Å²) in [7, 11) is 0. The van der Waals surface area contributed by atoms with Gasteiger partial charge < -0.3 is 4.98 Å². The molecule has 0 bridgehead atoms. The van der Waals surface area contributed by atoms with E-state index in [1.165, 1.54) is 12.1 Å². The molecular formula is C11H7BrF2N2S. The van der Waals surface area contributed by atoms with Crippen molar-refractivity contribution >= 4 is 28.1 Å². The van der Waals surface area contributed by atoms with Gasteiger partial charge in [-0.15, -0.1) is 0 Å². The smallest absolute Gasteiger partial charge is 0.129 e. The molecule has 1 heterocycles. The summed E-state index contributed by atoms with van der Waals surface area (Å²) in [6.45, 7) is 0. The number of halogens is 3. The number of hydrogen-bond donors (Lipinski definition) is 1. The molecule has 2 aromatic rings. The Kier molecular flexibility index (Phi) is 3.63. The van der Waals surface area contributed by atoms with Crippen molar-refractivity contribution in [2.75, 3.05) is 0 Å². The first-order valence-corrected chi connectivity index (χ1v) is 5.94. The van der Waals surface area contributed by atoms with Crippen LogP contribution < -0.4 is 0 Å². The van der Waals surface area contributed by atoms with Crippen LogP contribution in [0.3, 0.4) is 0 Å². The van der Waals surface area contributed by atoms with Crippen molar-refractivity contribution in [3.05, 3.63) is 56.5 Å². The number of nitrogens with zero attached hydrogens (tertiary/aromatic N) is 1. The minimum atomic E-state index is -0.594. The Morgan fingerprint density at radius 3 is 2.76 bits per heavy atom. The van der Waals surface area contributed by atoms with Gasteiger partial charge in [-0.2, -0.15) is 0 Å². The molecule has 0 amide bonds. The monoisotopic (exact) mass is 316 g/mol. The van der Waals surface area contributed by atoms with Crippen molar-refractivity contribution in [3.63, 3.8) is 0 Å². The topological polar surface area (TPSA) is 28.7 Å². The van der Waals surface area contributed by atoms with Crippen LogP contribution in [0.4, 0.5) is 8.78 Å². The summed E-state index contributed by atoms with van der Waals surface area (Å²) in [5.41, 5.74) is 0.367. The minimum Gasteiger partial charge on any atom is -0.334 e. The first-order valence-electron chi connectivity index (χ1n) is 4.74. The second-order valence-corrected chi connectivity index (χ2v) is 4.68. The fraction of sp³-hybridized carbons (Fsp3) is 0.0909.